The molecule has 13 heteroatoms. The van der Waals surface area contributed by atoms with E-state index in [1.165, 1.54) is 0 Å². The monoisotopic (exact) mass is 710 g/mol. The van der Waals surface area contributed by atoms with Gasteiger partial charge in [-0.15, -0.1) is 0 Å². The van der Waals surface area contributed by atoms with E-state index in [1.54, 1.807) is 6.92 Å². The number of fused-ring (bicyclic) bond motifs is 4. The van der Waals surface area contributed by atoms with Gasteiger partial charge in [0.2, 0.25) is 11.6 Å². The van der Waals surface area contributed by atoms with Crippen LogP contribution in [0.4, 0.5) is 0 Å². The van der Waals surface area contributed by atoms with Gasteiger partial charge < -0.3 is 18.9 Å². The highest BCUT2D eigenvalue weighted by molar-refractivity contribution is 7.48. The van der Waals surface area contributed by atoms with Crippen molar-refractivity contribution in [1.29, 1.82) is 0 Å². The summed E-state index contributed by atoms with van der Waals surface area (Å²) in [6.07, 6.45) is 14.0. The lowest BCUT2D eigenvalue weighted by Crippen LogP contribution is -2.61. The number of phosphoric acid groups is 1. The molecule has 2 spiro atoms. The van der Waals surface area contributed by atoms with E-state index in [-0.39, 0.29) is 43.5 Å². The van der Waals surface area contributed by atoms with Crippen LogP contribution < -0.4 is 0 Å². The van der Waals surface area contributed by atoms with Gasteiger partial charge in [-0.25, -0.2) is 24.1 Å². The lowest BCUT2D eigenvalue weighted by molar-refractivity contribution is -0.541. The standard InChI is InChI=1S/C36H55O12P/c1-8-38-49(37,39-21-9-17-31(4)27-13-11-23(2)25-15-19-33(6)43-29(41-31)35(25,27)47-45-33)40-22-10-18-32(5)28-14-12-24(3)26-16-20-34(7)44-30(42-32)36(26,28)48-46-34/h9-10,17-18,23-30H,8,11-16,19-22H2,1-7H3/b17-9-,18-10+/t23-,24-,25+,26+,27+,28+,29-,30-,31-,32-,33-,34-,35-,36-,49?/m1/s1. The molecule has 8 aliphatic heterocycles. The fourth-order valence-corrected chi connectivity index (χ4v) is 12.0. The third-order valence-electron chi connectivity index (χ3n) is 13.4. The van der Waals surface area contributed by atoms with Crippen LogP contribution in [0.5, 0.6) is 0 Å². The van der Waals surface area contributed by atoms with Crippen LogP contribution in [0.25, 0.3) is 0 Å². The Morgan fingerprint density at radius 2 is 1.08 bits per heavy atom. The minimum atomic E-state index is -3.87. The number of rotatable bonds is 10. The average Bonchev–Trinajstić information content (AvgIpc) is 3.17. The van der Waals surface area contributed by atoms with E-state index < -0.39 is 54.4 Å². The maximum atomic E-state index is 13.6. The van der Waals surface area contributed by atoms with Crippen LogP contribution in [-0.2, 0) is 56.6 Å². The molecule has 12 nitrogen and oxygen atoms in total. The molecule has 4 bridgehead atoms. The van der Waals surface area contributed by atoms with Gasteiger partial charge in [0.15, 0.2) is 23.8 Å². The number of hydrogen-bond acceptors (Lipinski definition) is 12. The number of hydrogen-bond donors (Lipinski definition) is 0. The molecule has 2 saturated carbocycles. The van der Waals surface area contributed by atoms with Crippen LogP contribution in [0.2, 0.25) is 0 Å². The van der Waals surface area contributed by atoms with E-state index >= 15 is 0 Å². The first-order valence-electron chi connectivity index (χ1n) is 18.6. The fourth-order valence-electron chi connectivity index (χ4n) is 10.9. The van der Waals surface area contributed by atoms with E-state index in [1.807, 2.05) is 38.2 Å². The second-order valence-electron chi connectivity index (χ2n) is 16.6. The molecular formula is C36H55O12P. The molecule has 1 unspecified atom stereocenters. The van der Waals surface area contributed by atoms with Crippen LogP contribution in [-0.4, -0.2) is 66.4 Å². The molecular weight excluding hydrogens is 655 g/mol. The summed E-state index contributed by atoms with van der Waals surface area (Å²) >= 11 is 0. The van der Waals surface area contributed by atoms with Gasteiger partial charge in [-0.1, -0.05) is 38.2 Å². The number of ether oxygens (including phenoxy) is 4. The van der Waals surface area contributed by atoms with Crippen molar-refractivity contribution in [1.82, 2.24) is 0 Å². The van der Waals surface area contributed by atoms with Gasteiger partial charge in [0.25, 0.3) is 0 Å². The lowest BCUT2D eigenvalue weighted by atomic mass is 9.60. The van der Waals surface area contributed by atoms with Crippen molar-refractivity contribution in [3.8, 4) is 0 Å². The molecule has 0 radical (unpaired) electrons. The zero-order valence-corrected chi connectivity index (χ0v) is 30.9. The van der Waals surface area contributed by atoms with E-state index in [4.69, 9.17) is 52.1 Å². The first-order chi connectivity index (χ1) is 23.2. The molecule has 8 heterocycles. The maximum Gasteiger partial charge on any atom is 0.475 e. The predicted octanol–water partition coefficient (Wildman–Crippen LogP) is 7.29. The molecule has 2 aliphatic carbocycles. The quantitative estimate of drug-likeness (QED) is 0.129. The second-order valence-corrected chi connectivity index (χ2v) is 18.2. The van der Waals surface area contributed by atoms with Crippen molar-refractivity contribution >= 4 is 7.82 Å². The Kier molecular flexibility index (Phi) is 8.75. The summed E-state index contributed by atoms with van der Waals surface area (Å²) in [7, 11) is -3.87. The summed E-state index contributed by atoms with van der Waals surface area (Å²) in [5.74, 6) is -0.105. The van der Waals surface area contributed by atoms with Crippen molar-refractivity contribution in [2.24, 2.45) is 35.5 Å². The Hall–Kier alpha value is -0.730. The molecule has 49 heavy (non-hydrogen) atoms. The lowest BCUT2D eigenvalue weighted by Gasteiger charge is -2.50. The highest BCUT2D eigenvalue weighted by atomic mass is 31.2. The van der Waals surface area contributed by atoms with Gasteiger partial charge in [-0.2, -0.15) is 0 Å². The molecule has 276 valence electrons. The van der Waals surface area contributed by atoms with Crippen molar-refractivity contribution in [3.63, 3.8) is 0 Å². The van der Waals surface area contributed by atoms with Gasteiger partial charge >= 0.3 is 7.82 Å². The fraction of sp³-hybridized carbons (Fsp3) is 0.889. The molecule has 0 amide bonds. The van der Waals surface area contributed by atoms with Crippen LogP contribution in [0, 0.1) is 35.5 Å². The van der Waals surface area contributed by atoms with E-state index in [0.717, 1.165) is 51.4 Å². The molecule has 15 atom stereocenters. The van der Waals surface area contributed by atoms with Crippen LogP contribution in [0.3, 0.4) is 0 Å². The summed E-state index contributed by atoms with van der Waals surface area (Å²) < 4.78 is 56.9. The molecule has 0 aromatic rings. The van der Waals surface area contributed by atoms with Crippen molar-refractivity contribution < 1.29 is 56.6 Å². The van der Waals surface area contributed by atoms with Crippen LogP contribution >= 0.6 is 7.82 Å². The largest absolute Gasteiger partial charge is 0.475 e. The average molecular weight is 711 g/mol. The van der Waals surface area contributed by atoms with Crippen LogP contribution in [0.15, 0.2) is 24.3 Å². The van der Waals surface area contributed by atoms with Gasteiger partial charge in [0.1, 0.15) is 0 Å². The summed E-state index contributed by atoms with van der Waals surface area (Å²) in [6.45, 7) is 14.5. The van der Waals surface area contributed by atoms with Gasteiger partial charge in [-0.3, -0.25) is 13.6 Å². The summed E-state index contributed by atoms with van der Waals surface area (Å²) in [6, 6.07) is 0. The smallest absolute Gasteiger partial charge is 0.339 e. The molecule has 8 saturated heterocycles. The van der Waals surface area contributed by atoms with E-state index in [2.05, 4.69) is 27.7 Å². The van der Waals surface area contributed by atoms with E-state index in [0.29, 0.717) is 11.8 Å². The first-order valence-corrected chi connectivity index (χ1v) is 20.0. The third-order valence-corrected chi connectivity index (χ3v) is 14.9. The normalized spacial score (nSPS) is 54.2. The summed E-state index contributed by atoms with van der Waals surface area (Å²) in [5, 5.41) is 0. The Labute approximate surface area is 290 Å². The first kappa shape index (κ1) is 35.3. The topological polar surface area (TPSA) is 119 Å². The van der Waals surface area contributed by atoms with Crippen LogP contribution in [0.1, 0.15) is 99.8 Å². The molecule has 0 aromatic carbocycles. The van der Waals surface area contributed by atoms with E-state index in [9.17, 15) is 4.57 Å². The minimum Gasteiger partial charge on any atom is -0.339 e. The Balaban J connectivity index is 0.916. The van der Waals surface area contributed by atoms with Crippen molar-refractivity contribution in [2.45, 2.75) is 146 Å². The molecule has 10 rings (SSSR count). The molecule has 0 N–H and O–H groups in total. The van der Waals surface area contributed by atoms with Crippen molar-refractivity contribution in [3.05, 3.63) is 24.3 Å². The predicted molar refractivity (Wildman–Crippen MR) is 174 cm³/mol. The SMILES string of the molecule is CCOP(=O)(OC/C=C\[C@@]1(C)O[C@@H]2O[C@@]3(C)CC[C@H]4[C@H](C)CC[C@@H]1[C@@]24OO3)OC/C=C/[C@@]1(C)O[C@@H]2O[C@@]3(C)CC[C@H]4[C@H](C)CC[C@@H]1[C@@]24OO3. The summed E-state index contributed by atoms with van der Waals surface area (Å²) in [5.41, 5.74) is -2.71. The highest BCUT2D eigenvalue weighted by Gasteiger charge is 2.75. The Bertz CT molecular complexity index is 1300. The highest BCUT2D eigenvalue weighted by Crippen LogP contribution is 2.65. The third kappa shape index (κ3) is 5.45. The van der Waals surface area contributed by atoms with Crippen molar-refractivity contribution in [2.75, 3.05) is 19.8 Å². The van der Waals surface area contributed by atoms with Gasteiger partial charge in [0, 0.05) is 24.7 Å². The Morgan fingerprint density at radius 3 is 1.51 bits per heavy atom. The molecule has 0 aromatic heterocycles. The van der Waals surface area contributed by atoms with Gasteiger partial charge in [-0.05, 0) is 96.8 Å². The zero-order chi connectivity index (χ0) is 34.5. The summed E-state index contributed by atoms with van der Waals surface area (Å²) in [4.78, 5) is 24.3. The second kappa shape index (κ2) is 12.1. The minimum absolute atomic E-state index is 0.0141. The maximum absolute atomic E-state index is 13.6. The van der Waals surface area contributed by atoms with Gasteiger partial charge in [0.05, 0.1) is 31.0 Å². The number of phosphoric ester groups is 1. The molecule has 10 aliphatic rings. The molecule has 10 fully saturated rings. The zero-order valence-electron chi connectivity index (χ0n) is 30.1. The Morgan fingerprint density at radius 1 is 0.633 bits per heavy atom.